The van der Waals surface area contributed by atoms with Crippen molar-refractivity contribution in [2.45, 2.75) is 37.3 Å². The highest BCUT2D eigenvalue weighted by Gasteiger charge is 2.57. The molecule has 2 aromatic carbocycles. The average molecular weight is 624 g/mol. The van der Waals surface area contributed by atoms with Crippen molar-refractivity contribution < 1.29 is 42.0 Å². The van der Waals surface area contributed by atoms with Crippen LogP contribution < -0.4 is 20.3 Å². The maximum absolute atomic E-state index is 13.9. The molecule has 0 spiro atoms. The third-order valence-electron chi connectivity index (χ3n) is 11.2. The fraction of sp³-hybridized carbons (Fsp3) is 0.516. The number of sulfonamides is 1. The molecule has 44 heavy (non-hydrogen) atoms. The highest BCUT2D eigenvalue weighted by Crippen LogP contribution is 2.49. The Morgan fingerprint density at radius 2 is 1.73 bits per heavy atom. The molecule has 4 atom stereocenters. The van der Waals surface area contributed by atoms with Gasteiger partial charge in [0.1, 0.15) is 39.3 Å². The summed E-state index contributed by atoms with van der Waals surface area (Å²) in [5.41, 5.74) is 7.00. The van der Waals surface area contributed by atoms with Crippen LogP contribution in [-0.2, 0) is 30.8 Å². The van der Waals surface area contributed by atoms with E-state index in [1.54, 1.807) is 19.1 Å². The molecule has 0 aliphatic carbocycles. The van der Waals surface area contributed by atoms with Crippen molar-refractivity contribution >= 4 is 44.3 Å². The summed E-state index contributed by atoms with van der Waals surface area (Å²) in [6, 6.07) is 8.40. The molecule has 0 radical (unpaired) electrons. The van der Waals surface area contributed by atoms with E-state index in [1.165, 1.54) is 11.2 Å². The lowest BCUT2D eigenvalue weighted by molar-refractivity contribution is -1.08. The van der Waals surface area contributed by atoms with E-state index in [1.807, 2.05) is 18.2 Å². The fourth-order valence-electron chi connectivity index (χ4n) is 8.66. The Morgan fingerprint density at radius 1 is 1.07 bits per heavy atom. The number of carboxylic acids is 1. The minimum atomic E-state index is -4.02. The number of anilines is 1. The van der Waals surface area contributed by atoms with Crippen molar-refractivity contribution in [1.82, 2.24) is 4.90 Å². The average Bonchev–Trinajstić information content (AvgIpc) is 3.34. The Hall–Kier alpha value is -3.52. The lowest BCUT2D eigenvalue weighted by atomic mass is 9.78. The van der Waals surface area contributed by atoms with E-state index in [0.717, 1.165) is 77.0 Å². The Morgan fingerprint density at radius 3 is 2.34 bits per heavy atom. The van der Waals surface area contributed by atoms with Gasteiger partial charge in [0.15, 0.2) is 6.54 Å². The molecule has 6 aliphatic heterocycles. The van der Waals surface area contributed by atoms with Gasteiger partial charge in [-0.1, -0.05) is 32.0 Å². The van der Waals surface area contributed by atoms with Crippen molar-refractivity contribution in [2.24, 2.45) is 17.6 Å². The standard InChI is InChI=1S/C31H37N5O7S/c1-18-22(29(31(40)41)34-28(18)26(19(2)37)30(34)39)16-33-23-5-3-4-21-20(6-7-24(27(21)23)44(33,42)43)8-9-35-10-13-36(14-11-35,15-12-35)17-25(32)38/h3-7,18-19,26,28H,8-17H2,1-2H3,(H2-,32,38,40,41)/t18-,19+,26+,28+,35?,36?/m0/s1. The molecule has 12 nitrogen and oxygen atoms in total. The van der Waals surface area contributed by atoms with Gasteiger partial charge in [0, 0.05) is 23.6 Å². The minimum Gasteiger partial charge on any atom is -0.852 e. The quantitative estimate of drug-likeness (QED) is 0.256. The molecule has 6 aliphatic rings. The molecule has 234 valence electrons. The molecule has 6 heterocycles. The number of hydrogen-bond acceptors (Lipinski definition) is 7. The van der Waals surface area contributed by atoms with Gasteiger partial charge < -0.3 is 34.6 Å². The number of carbonyl (C=O) groups is 3. The number of primary amides is 1. The van der Waals surface area contributed by atoms with Gasteiger partial charge in [0.25, 0.3) is 15.9 Å². The molecule has 0 unspecified atom stereocenters. The second-order valence-corrected chi connectivity index (χ2v) is 15.3. The first-order valence-electron chi connectivity index (χ1n) is 15.3. The van der Waals surface area contributed by atoms with E-state index >= 15 is 0 Å². The van der Waals surface area contributed by atoms with Crippen LogP contribution in [0, 0.1) is 11.8 Å². The van der Waals surface area contributed by atoms with Crippen LogP contribution in [0.5, 0.6) is 0 Å². The zero-order chi connectivity index (χ0) is 31.3. The van der Waals surface area contributed by atoms with Gasteiger partial charge in [-0.15, -0.1) is 6.10 Å². The molecule has 0 saturated carbocycles. The summed E-state index contributed by atoms with van der Waals surface area (Å²) >= 11 is 0. The molecule has 13 heteroatoms. The van der Waals surface area contributed by atoms with E-state index in [2.05, 4.69) is 0 Å². The normalized spacial score (nSPS) is 32.2. The lowest BCUT2D eigenvalue weighted by Gasteiger charge is -2.55. The topological polar surface area (TPSA) is 164 Å². The Kier molecular flexibility index (Phi) is 6.46. The number of carbonyl (C=O) groups excluding carboxylic acids is 3. The maximum atomic E-state index is 13.9. The van der Waals surface area contributed by atoms with Crippen molar-refractivity contribution in [2.75, 3.05) is 63.2 Å². The predicted octanol–water partition coefficient (Wildman–Crippen LogP) is -1.73. The van der Waals surface area contributed by atoms with Crippen LogP contribution in [0.1, 0.15) is 19.4 Å². The number of nitrogens with zero attached hydrogens (tertiary/aromatic N) is 4. The van der Waals surface area contributed by atoms with Gasteiger partial charge in [0.2, 0.25) is 5.91 Å². The van der Waals surface area contributed by atoms with E-state index in [0.29, 0.717) is 17.6 Å². The van der Waals surface area contributed by atoms with Crippen LogP contribution in [0.3, 0.4) is 0 Å². The van der Waals surface area contributed by atoms with Gasteiger partial charge in [-0.3, -0.25) is 13.9 Å². The van der Waals surface area contributed by atoms with Crippen LogP contribution in [0.25, 0.3) is 10.8 Å². The van der Waals surface area contributed by atoms with Crippen molar-refractivity contribution in [3.8, 4) is 0 Å². The first-order valence-corrected chi connectivity index (χ1v) is 16.7. The number of hydrogen-bond donors (Lipinski definition) is 1. The zero-order valence-electron chi connectivity index (χ0n) is 24.9. The van der Waals surface area contributed by atoms with E-state index in [-0.39, 0.29) is 28.6 Å². The molecular formula is C31H37N5O7S. The number of quaternary nitrogens is 2. The molecule has 2 aromatic rings. The summed E-state index contributed by atoms with van der Waals surface area (Å²) < 4.78 is 30.9. The summed E-state index contributed by atoms with van der Waals surface area (Å²) in [4.78, 5) is 37.9. The number of piperazine rings is 3. The second-order valence-electron chi connectivity index (χ2n) is 13.4. The summed E-state index contributed by atoms with van der Waals surface area (Å²) in [7, 11) is -4.02. The third-order valence-corrected chi connectivity index (χ3v) is 13.0. The van der Waals surface area contributed by atoms with Crippen LogP contribution >= 0.6 is 0 Å². The second kappa shape index (κ2) is 9.74. The Balaban J connectivity index is 1.18. The molecule has 2 bridgehead atoms. The first kappa shape index (κ1) is 29.2. The van der Waals surface area contributed by atoms with Gasteiger partial charge >= 0.3 is 0 Å². The largest absolute Gasteiger partial charge is 0.852 e. The number of fused-ring (bicyclic) bond motifs is 4. The number of amides is 2. The van der Waals surface area contributed by atoms with Crippen molar-refractivity contribution in [3.63, 3.8) is 0 Å². The number of nitrogens with two attached hydrogens (primary N) is 1. The van der Waals surface area contributed by atoms with Crippen LogP contribution in [-0.4, -0.2) is 111 Å². The Bertz CT molecular complexity index is 1750. The molecular weight excluding hydrogens is 586 g/mol. The summed E-state index contributed by atoms with van der Waals surface area (Å²) in [5.74, 6) is -3.73. The Labute approximate surface area is 256 Å². The van der Waals surface area contributed by atoms with Crippen molar-refractivity contribution in [1.29, 1.82) is 0 Å². The number of carboxylic acid groups (broad SMARTS) is 1. The zero-order valence-corrected chi connectivity index (χ0v) is 25.7. The molecule has 2 amide bonds. The smallest absolute Gasteiger partial charge is 0.272 e. The molecule has 2 N–H and O–H groups in total. The monoisotopic (exact) mass is 623 g/mol. The minimum absolute atomic E-state index is 0.176. The molecule has 4 saturated heterocycles. The molecule has 0 aromatic heterocycles. The number of aliphatic carboxylic acids is 1. The van der Waals surface area contributed by atoms with Gasteiger partial charge in [-0.05, 0) is 28.7 Å². The fourth-order valence-corrected chi connectivity index (χ4v) is 10.3. The maximum Gasteiger partial charge on any atom is 0.272 e. The van der Waals surface area contributed by atoms with Gasteiger partial charge in [-0.2, -0.15) is 0 Å². The SMILES string of the molecule is C[C@@H]([O-])[C@H]1C(=O)N2C(C(=O)[O-])=C(CN3c4cccc5c(CC[N+]67CC[N+](CC(N)=O)(CC6)CC7)ccc(c45)S3(=O)=O)[C@H](C)[C@H]12. The summed E-state index contributed by atoms with van der Waals surface area (Å²) in [6.07, 6.45) is -0.446. The predicted molar refractivity (Wildman–Crippen MR) is 156 cm³/mol. The van der Waals surface area contributed by atoms with Crippen LogP contribution in [0.2, 0.25) is 0 Å². The highest BCUT2D eigenvalue weighted by atomic mass is 32.2. The van der Waals surface area contributed by atoms with E-state index in [9.17, 15) is 33.0 Å². The van der Waals surface area contributed by atoms with E-state index < -0.39 is 45.9 Å². The summed E-state index contributed by atoms with van der Waals surface area (Å²) in [6.45, 7) is 9.93. The number of β-lactam (4-membered cyclic amide) rings is 1. The van der Waals surface area contributed by atoms with E-state index in [4.69, 9.17) is 5.73 Å². The molecule has 4 fully saturated rings. The third kappa shape index (κ3) is 4.05. The van der Waals surface area contributed by atoms with Crippen LogP contribution in [0.15, 0.2) is 46.5 Å². The highest BCUT2D eigenvalue weighted by molar-refractivity contribution is 7.93. The van der Waals surface area contributed by atoms with Crippen LogP contribution in [0.4, 0.5) is 5.69 Å². The van der Waals surface area contributed by atoms with Gasteiger partial charge in [0.05, 0.1) is 41.4 Å². The first-order chi connectivity index (χ1) is 20.8. The van der Waals surface area contributed by atoms with Crippen molar-refractivity contribution in [3.05, 3.63) is 47.2 Å². The lowest BCUT2D eigenvalue weighted by Crippen LogP contribution is -2.76. The molecule has 8 rings (SSSR count). The summed E-state index contributed by atoms with van der Waals surface area (Å²) in [5, 5.41) is 26.0. The van der Waals surface area contributed by atoms with Gasteiger partial charge in [-0.25, -0.2) is 8.42 Å². The number of benzene rings is 2. The number of rotatable bonds is 9.